The van der Waals surface area contributed by atoms with Crippen LogP contribution in [0.5, 0.6) is 0 Å². The van der Waals surface area contributed by atoms with Crippen LogP contribution < -0.4 is 5.32 Å². The molecule has 0 bridgehead atoms. The molecule has 1 aliphatic rings. The Balaban J connectivity index is 2.31. The van der Waals surface area contributed by atoms with Gasteiger partial charge in [0.1, 0.15) is 0 Å². The first-order valence-corrected chi connectivity index (χ1v) is 6.73. The van der Waals surface area contributed by atoms with E-state index in [1.54, 1.807) is 7.11 Å². The minimum atomic E-state index is -0.112. The molecule has 1 saturated carbocycles. The lowest BCUT2D eigenvalue weighted by Crippen LogP contribution is -2.53. The fourth-order valence-electron chi connectivity index (χ4n) is 2.64. The molecule has 1 fully saturated rings. The third-order valence-electron chi connectivity index (χ3n) is 3.50. The molecule has 0 saturated heterocycles. The minimum absolute atomic E-state index is 0.112. The highest BCUT2D eigenvalue weighted by Gasteiger charge is 2.35. The van der Waals surface area contributed by atoms with Gasteiger partial charge < -0.3 is 19.9 Å². The minimum Gasteiger partial charge on any atom is -0.394 e. The summed E-state index contributed by atoms with van der Waals surface area (Å²) in [6, 6.07) is 0. The Labute approximate surface area is 105 Å². The van der Waals surface area contributed by atoms with E-state index in [9.17, 15) is 5.11 Å². The Morgan fingerprint density at radius 2 is 2.24 bits per heavy atom. The van der Waals surface area contributed by atoms with Gasteiger partial charge in [-0.1, -0.05) is 6.92 Å². The van der Waals surface area contributed by atoms with Crippen LogP contribution in [0, 0.1) is 0 Å². The highest BCUT2D eigenvalue weighted by atomic mass is 16.5. The highest BCUT2D eigenvalue weighted by molar-refractivity contribution is 4.93. The van der Waals surface area contributed by atoms with Crippen LogP contribution in [0.1, 0.15) is 39.0 Å². The summed E-state index contributed by atoms with van der Waals surface area (Å²) < 4.78 is 10.9. The van der Waals surface area contributed by atoms with Crippen molar-refractivity contribution in [3.8, 4) is 0 Å². The lowest BCUT2D eigenvalue weighted by Gasteiger charge is -2.40. The zero-order valence-electron chi connectivity index (χ0n) is 11.2. The monoisotopic (exact) mass is 245 g/mol. The maximum Gasteiger partial charge on any atom is 0.0614 e. The Morgan fingerprint density at radius 3 is 2.88 bits per heavy atom. The van der Waals surface area contributed by atoms with Crippen LogP contribution in [0.4, 0.5) is 0 Å². The lowest BCUT2D eigenvalue weighted by atomic mass is 9.80. The standard InChI is InChI=1S/C13H27NO3/c1-3-14-13(11-15)7-4-6-12(10-13)17-9-5-8-16-2/h12,14-15H,3-11H2,1-2H3. The van der Waals surface area contributed by atoms with Crippen LogP contribution >= 0.6 is 0 Å². The molecule has 0 aromatic heterocycles. The molecule has 0 aromatic carbocycles. The zero-order valence-corrected chi connectivity index (χ0v) is 11.2. The molecule has 2 N–H and O–H groups in total. The number of nitrogens with one attached hydrogen (secondary N) is 1. The van der Waals surface area contributed by atoms with Crippen molar-refractivity contribution in [2.45, 2.75) is 50.7 Å². The van der Waals surface area contributed by atoms with Crippen molar-refractivity contribution in [3.63, 3.8) is 0 Å². The smallest absolute Gasteiger partial charge is 0.0614 e. The summed E-state index contributed by atoms with van der Waals surface area (Å²) in [4.78, 5) is 0. The van der Waals surface area contributed by atoms with Gasteiger partial charge in [0.05, 0.1) is 12.7 Å². The molecule has 0 radical (unpaired) electrons. The van der Waals surface area contributed by atoms with Gasteiger partial charge in [0.2, 0.25) is 0 Å². The first-order valence-electron chi connectivity index (χ1n) is 6.73. The molecule has 1 rings (SSSR count). The average Bonchev–Trinajstić information content (AvgIpc) is 2.35. The van der Waals surface area contributed by atoms with Crippen molar-refractivity contribution < 1.29 is 14.6 Å². The van der Waals surface area contributed by atoms with Gasteiger partial charge in [-0.3, -0.25) is 0 Å². The Morgan fingerprint density at radius 1 is 1.41 bits per heavy atom. The molecule has 1 aliphatic carbocycles. The number of hydrogen-bond acceptors (Lipinski definition) is 4. The Bertz CT molecular complexity index is 197. The number of methoxy groups -OCH3 is 1. The fourth-order valence-corrected chi connectivity index (χ4v) is 2.64. The van der Waals surface area contributed by atoms with Gasteiger partial charge >= 0.3 is 0 Å². The van der Waals surface area contributed by atoms with E-state index < -0.39 is 0 Å². The largest absolute Gasteiger partial charge is 0.394 e. The SMILES string of the molecule is CCNC1(CO)CCCC(OCCCOC)C1. The van der Waals surface area contributed by atoms with E-state index in [1.807, 2.05) is 0 Å². The van der Waals surface area contributed by atoms with Crippen molar-refractivity contribution >= 4 is 0 Å². The average molecular weight is 245 g/mol. The van der Waals surface area contributed by atoms with E-state index in [-0.39, 0.29) is 18.2 Å². The quantitative estimate of drug-likeness (QED) is 0.633. The van der Waals surface area contributed by atoms with E-state index >= 15 is 0 Å². The second-order valence-corrected chi connectivity index (χ2v) is 4.90. The van der Waals surface area contributed by atoms with Gasteiger partial charge in [0, 0.05) is 25.9 Å². The number of aliphatic hydroxyl groups is 1. The second kappa shape index (κ2) is 8.03. The van der Waals surface area contributed by atoms with Gasteiger partial charge in [0.15, 0.2) is 0 Å². The molecule has 4 heteroatoms. The summed E-state index contributed by atoms with van der Waals surface area (Å²) in [5.74, 6) is 0. The molecule has 4 nitrogen and oxygen atoms in total. The molecule has 102 valence electrons. The molecule has 17 heavy (non-hydrogen) atoms. The molecular weight excluding hydrogens is 218 g/mol. The summed E-state index contributed by atoms with van der Waals surface area (Å²) >= 11 is 0. The molecule has 0 aliphatic heterocycles. The van der Waals surface area contributed by atoms with Crippen LogP contribution in [-0.4, -0.2) is 50.2 Å². The van der Waals surface area contributed by atoms with Crippen LogP contribution in [0.25, 0.3) is 0 Å². The maximum atomic E-state index is 9.56. The summed E-state index contributed by atoms with van der Waals surface area (Å²) in [5, 5.41) is 13.0. The van der Waals surface area contributed by atoms with E-state index in [2.05, 4.69) is 12.2 Å². The number of hydrogen-bond donors (Lipinski definition) is 2. The van der Waals surface area contributed by atoms with Gasteiger partial charge in [-0.15, -0.1) is 0 Å². The van der Waals surface area contributed by atoms with Gasteiger partial charge in [-0.2, -0.15) is 0 Å². The van der Waals surface area contributed by atoms with E-state index in [0.717, 1.165) is 51.9 Å². The second-order valence-electron chi connectivity index (χ2n) is 4.90. The normalized spacial score (nSPS) is 29.5. The predicted octanol–water partition coefficient (Wildman–Crippen LogP) is 1.32. The van der Waals surface area contributed by atoms with Crippen molar-refractivity contribution in [3.05, 3.63) is 0 Å². The zero-order chi connectivity index (χ0) is 12.6. The van der Waals surface area contributed by atoms with Crippen LogP contribution in [-0.2, 0) is 9.47 Å². The molecule has 0 amide bonds. The van der Waals surface area contributed by atoms with Crippen molar-refractivity contribution in [1.82, 2.24) is 5.32 Å². The van der Waals surface area contributed by atoms with Crippen LogP contribution in [0.2, 0.25) is 0 Å². The fraction of sp³-hybridized carbons (Fsp3) is 1.00. The van der Waals surface area contributed by atoms with Crippen LogP contribution in [0.3, 0.4) is 0 Å². The Hall–Kier alpha value is -0.160. The Kier molecular flexibility index (Phi) is 7.04. The summed E-state index contributed by atoms with van der Waals surface area (Å²) in [7, 11) is 1.71. The molecule has 0 aromatic rings. The molecular formula is C13H27NO3. The predicted molar refractivity (Wildman–Crippen MR) is 68.2 cm³/mol. The van der Waals surface area contributed by atoms with Gasteiger partial charge in [-0.05, 0) is 38.6 Å². The first-order chi connectivity index (χ1) is 8.26. The first kappa shape index (κ1) is 14.9. The molecule has 2 unspecified atom stereocenters. The van der Waals surface area contributed by atoms with Gasteiger partial charge in [0.25, 0.3) is 0 Å². The number of rotatable bonds is 8. The third kappa shape index (κ3) is 4.92. The topological polar surface area (TPSA) is 50.7 Å². The number of aliphatic hydroxyl groups excluding tert-OH is 1. The summed E-state index contributed by atoms with van der Waals surface area (Å²) in [6.07, 6.45) is 5.44. The highest BCUT2D eigenvalue weighted by Crippen LogP contribution is 2.29. The molecule has 0 heterocycles. The van der Waals surface area contributed by atoms with E-state index in [4.69, 9.17) is 9.47 Å². The third-order valence-corrected chi connectivity index (χ3v) is 3.50. The van der Waals surface area contributed by atoms with E-state index in [1.165, 1.54) is 0 Å². The van der Waals surface area contributed by atoms with Crippen molar-refractivity contribution in [2.75, 3.05) is 33.5 Å². The lowest BCUT2D eigenvalue weighted by molar-refractivity contribution is -0.0205. The van der Waals surface area contributed by atoms with Crippen LogP contribution in [0.15, 0.2) is 0 Å². The van der Waals surface area contributed by atoms with Crippen molar-refractivity contribution in [2.24, 2.45) is 0 Å². The van der Waals surface area contributed by atoms with E-state index in [0.29, 0.717) is 0 Å². The molecule has 2 atom stereocenters. The van der Waals surface area contributed by atoms with Gasteiger partial charge in [-0.25, -0.2) is 0 Å². The molecule has 0 spiro atoms. The number of ether oxygens (including phenoxy) is 2. The maximum absolute atomic E-state index is 9.56. The van der Waals surface area contributed by atoms with Crippen molar-refractivity contribution in [1.29, 1.82) is 0 Å². The summed E-state index contributed by atoms with van der Waals surface area (Å²) in [6.45, 7) is 4.70. The summed E-state index contributed by atoms with van der Waals surface area (Å²) in [5.41, 5.74) is -0.112. The number of likely N-dealkylation sites (N-methyl/N-ethyl adjacent to an activating group) is 1.